The molecule has 2 aromatic carbocycles. The van der Waals surface area contributed by atoms with Gasteiger partial charge in [-0.1, -0.05) is 42.5 Å². The predicted octanol–water partition coefficient (Wildman–Crippen LogP) is 3.87. The van der Waals surface area contributed by atoms with Crippen LogP contribution >= 0.6 is 19.0 Å². The molecular formula is C20H23ClN3O4P. The smallest absolute Gasteiger partial charge is 0.264 e. The van der Waals surface area contributed by atoms with Crippen LogP contribution in [0.5, 0.6) is 0 Å². The third-order valence-corrected chi connectivity index (χ3v) is 6.47. The van der Waals surface area contributed by atoms with Crippen LogP contribution in [0.15, 0.2) is 59.1 Å². The van der Waals surface area contributed by atoms with Crippen molar-refractivity contribution in [2.24, 2.45) is 0 Å². The van der Waals surface area contributed by atoms with Crippen molar-refractivity contribution in [3.8, 4) is 11.5 Å². The topological polar surface area (TPSA) is 108 Å². The van der Waals surface area contributed by atoms with Gasteiger partial charge < -0.3 is 19.8 Å². The van der Waals surface area contributed by atoms with E-state index in [9.17, 15) is 14.6 Å². The lowest BCUT2D eigenvalue weighted by atomic mass is 10.0. The molecule has 2 unspecified atom stereocenters. The standard InChI is InChI=1S/C20H23ClN3O4P/c1-14(16-8-5-9-17(10-16)19-23-20(21)24-28-19)22-11-18(25)13-29(26,27)12-15-6-3-2-4-7-15/h2-10,14,18,22,25H,11-13H2,1H3,(H,26,27)/t14?,18-/m0/s1. The lowest BCUT2D eigenvalue weighted by Crippen LogP contribution is -2.31. The van der Waals surface area contributed by atoms with Crippen LogP contribution in [0.3, 0.4) is 0 Å². The third kappa shape index (κ3) is 6.49. The average Bonchev–Trinajstić information content (AvgIpc) is 3.12. The first-order valence-corrected chi connectivity index (χ1v) is 11.6. The molecule has 3 aromatic rings. The monoisotopic (exact) mass is 435 g/mol. The molecule has 0 bridgehead atoms. The van der Waals surface area contributed by atoms with Gasteiger partial charge in [0.1, 0.15) is 0 Å². The molecule has 9 heteroatoms. The van der Waals surface area contributed by atoms with Crippen LogP contribution in [-0.2, 0) is 10.7 Å². The van der Waals surface area contributed by atoms with Gasteiger partial charge in [0.25, 0.3) is 11.2 Å². The normalized spacial score (nSPS) is 15.6. The first-order chi connectivity index (χ1) is 13.8. The van der Waals surface area contributed by atoms with Crippen LogP contribution < -0.4 is 5.32 Å². The van der Waals surface area contributed by atoms with E-state index in [0.29, 0.717) is 5.89 Å². The van der Waals surface area contributed by atoms with Crippen molar-refractivity contribution < 1.29 is 19.1 Å². The molecular weight excluding hydrogens is 413 g/mol. The summed E-state index contributed by atoms with van der Waals surface area (Å²) in [6.07, 6.45) is -1.05. The molecule has 3 N–H and O–H groups in total. The Kier molecular flexibility index (Phi) is 7.22. The third-order valence-electron chi connectivity index (χ3n) is 4.46. The molecule has 3 atom stereocenters. The maximum Gasteiger partial charge on any atom is 0.264 e. The molecule has 0 aliphatic carbocycles. The van der Waals surface area contributed by atoms with Crippen molar-refractivity contribution in [1.29, 1.82) is 0 Å². The number of aliphatic hydroxyl groups excluding tert-OH is 1. The van der Waals surface area contributed by atoms with E-state index in [-0.39, 0.29) is 30.2 Å². The minimum atomic E-state index is -3.48. The molecule has 1 heterocycles. The number of hydrogen-bond acceptors (Lipinski definition) is 6. The van der Waals surface area contributed by atoms with Gasteiger partial charge in [0, 0.05) is 24.3 Å². The van der Waals surface area contributed by atoms with Crippen LogP contribution in [0, 0.1) is 0 Å². The lowest BCUT2D eigenvalue weighted by molar-refractivity contribution is 0.186. The Hall–Kier alpha value is -2.02. The maximum absolute atomic E-state index is 12.4. The molecule has 0 amide bonds. The van der Waals surface area contributed by atoms with Crippen molar-refractivity contribution >= 4 is 19.0 Å². The van der Waals surface area contributed by atoms with E-state index in [1.165, 1.54) is 0 Å². The molecule has 0 saturated heterocycles. The molecule has 7 nitrogen and oxygen atoms in total. The van der Waals surface area contributed by atoms with E-state index < -0.39 is 13.5 Å². The Labute approximate surface area is 174 Å². The number of hydrogen-bond donors (Lipinski definition) is 3. The summed E-state index contributed by atoms with van der Waals surface area (Å²) in [5, 5.41) is 17.1. The first kappa shape index (κ1) is 21.7. The molecule has 154 valence electrons. The molecule has 0 saturated carbocycles. The van der Waals surface area contributed by atoms with E-state index in [1.54, 1.807) is 12.1 Å². The molecule has 0 aliphatic heterocycles. The summed E-state index contributed by atoms with van der Waals surface area (Å²) >= 11 is 5.70. The summed E-state index contributed by atoms with van der Waals surface area (Å²) in [5.41, 5.74) is 2.46. The van der Waals surface area contributed by atoms with E-state index in [1.807, 2.05) is 49.4 Å². The second kappa shape index (κ2) is 9.65. The Bertz CT molecular complexity index is 983. The first-order valence-electron chi connectivity index (χ1n) is 9.18. The number of nitrogens with zero attached hydrogens (tertiary/aromatic N) is 2. The molecule has 1 aromatic heterocycles. The number of rotatable bonds is 9. The fourth-order valence-corrected chi connectivity index (χ4v) is 4.83. The van der Waals surface area contributed by atoms with Gasteiger partial charge in [0.15, 0.2) is 0 Å². The van der Waals surface area contributed by atoms with Crippen LogP contribution in [0.2, 0.25) is 5.28 Å². The predicted molar refractivity (Wildman–Crippen MR) is 112 cm³/mol. The van der Waals surface area contributed by atoms with Gasteiger partial charge in [-0.25, -0.2) is 0 Å². The van der Waals surface area contributed by atoms with Gasteiger partial charge in [0.2, 0.25) is 7.37 Å². The zero-order valence-corrected chi connectivity index (χ0v) is 17.6. The van der Waals surface area contributed by atoms with E-state index in [4.69, 9.17) is 16.1 Å². The summed E-state index contributed by atoms with van der Waals surface area (Å²) in [5.74, 6) is 0.325. The molecule has 29 heavy (non-hydrogen) atoms. The highest BCUT2D eigenvalue weighted by atomic mass is 35.5. The van der Waals surface area contributed by atoms with E-state index in [2.05, 4.69) is 15.5 Å². The van der Waals surface area contributed by atoms with Crippen molar-refractivity contribution in [1.82, 2.24) is 15.5 Å². The molecule has 0 aliphatic rings. The fourth-order valence-electron chi connectivity index (χ4n) is 3.02. The Balaban J connectivity index is 1.54. The Morgan fingerprint density at radius 3 is 2.66 bits per heavy atom. The highest BCUT2D eigenvalue weighted by Gasteiger charge is 2.24. The summed E-state index contributed by atoms with van der Waals surface area (Å²) in [4.78, 5) is 14.2. The zero-order chi connectivity index (χ0) is 20.9. The summed E-state index contributed by atoms with van der Waals surface area (Å²) in [6.45, 7) is 2.13. The van der Waals surface area contributed by atoms with Gasteiger partial charge in [-0.15, -0.1) is 0 Å². The number of halogens is 1. The Morgan fingerprint density at radius 2 is 1.97 bits per heavy atom. The second-order valence-corrected chi connectivity index (χ2v) is 9.66. The summed E-state index contributed by atoms with van der Waals surface area (Å²) in [7, 11) is -3.48. The molecule has 0 radical (unpaired) electrons. The van der Waals surface area contributed by atoms with Crippen molar-refractivity contribution in [3.05, 3.63) is 71.0 Å². The quantitative estimate of drug-likeness (QED) is 0.438. The highest BCUT2D eigenvalue weighted by Crippen LogP contribution is 2.44. The van der Waals surface area contributed by atoms with Crippen molar-refractivity contribution in [2.45, 2.75) is 25.2 Å². The second-order valence-electron chi connectivity index (χ2n) is 6.95. The van der Waals surface area contributed by atoms with Crippen LogP contribution in [0.25, 0.3) is 11.5 Å². The number of aliphatic hydroxyl groups is 1. The van der Waals surface area contributed by atoms with E-state index in [0.717, 1.165) is 16.7 Å². The van der Waals surface area contributed by atoms with E-state index >= 15 is 0 Å². The number of aromatic nitrogens is 2. The summed E-state index contributed by atoms with van der Waals surface area (Å²) < 4.78 is 17.5. The van der Waals surface area contributed by atoms with Gasteiger partial charge in [-0.3, -0.25) is 4.57 Å². The van der Waals surface area contributed by atoms with Crippen molar-refractivity contribution in [3.63, 3.8) is 0 Å². The number of benzene rings is 2. The fraction of sp³-hybridized carbons (Fsp3) is 0.300. The molecule has 3 rings (SSSR count). The minimum Gasteiger partial charge on any atom is -0.391 e. The average molecular weight is 436 g/mol. The van der Waals surface area contributed by atoms with Gasteiger partial charge in [-0.2, -0.15) is 4.98 Å². The molecule has 0 spiro atoms. The van der Waals surface area contributed by atoms with Crippen LogP contribution in [0.4, 0.5) is 0 Å². The summed E-state index contributed by atoms with van der Waals surface area (Å²) in [6, 6.07) is 16.5. The van der Waals surface area contributed by atoms with Crippen LogP contribution in [-0.4, -0.2) is 39.0 Å². The number of nitrogens with one attached hydrogen (secondary N) is 1. The van der Waals surface area contributed by atoms with Crippen LogP contribution in [0.1, 0.15) is 24.1 Å². The maximum atomic E-state index is 12.4. The zero-order valence-electron chi connectivity index (χ0n) is 15.9. The van der Waals surface area contributed by atoms with Crippen molar-refractivity contribution in [2.75, 3.05) is 12.7 Å². The Morgan fingerprint density at radius 1 is 1.21 bits per heavy atom. The lowest BCUT2D eigenvalue weighted by Gasteiger charge is -2.20. The van der Waals surface area contributed by atoms with Gasteiger partial charge >= 0.3 is 0 Å². The van der Waals surface area contributed by atoms with Gasteiger partial charge in [-0.05, 0) is 46.9 Å². The largest absolute Gasteiger partial charge is 0.391 e. The SMILES string of the molecule is CC(NC[C@H](O)CP(=O)(O)Cc1ccccc1)c1cccc(-c2nc(Cl)no2)c1. The minimum absolute atomic E-state index is 0.0450. The molecule has 0 fully saturated rings. The van der Waals surface area contributed by atoms with Gasteiger partial charge in [0.05, 0.1) is 12.3 Å². The highest BCUT2D eigenvalue weighted by molar-refractivity contribution is 7.57.